The maximum Gasteiger partial charge on any atom is 0.326 e. The Morgan fingerprint density at radius 2 is 2.05 bits per heavy atom. The fourth-order valence-corrected chi connectivity index (χ4v) is 2.14. The lowest BCUT2D eigenvalue weighted by atomic mass is 10.1. The van der Waals surface area contributed by atoms with Gasteiger partial charge in [0.25, 0.3) is 5.91 Å². The monoisotopic (exact) mass is 304 g/mol. The van der Waals surface area contributed by atoms with E-state index in [9.17, 15) is 19.5 Å². The van der Waals surface area contributed by atoms with Gasteiger partial charge in [-0.25, -0.2) is 4.79 Å². The van der Waals surface area contributed by atoms with E-state index in [-0.39, 0.29) is 5.91 Å². The summed E-state index contributed by atoms with van der Waals surface area (Å²) in [7, 11) is 0. The molecule has 1 aromatic rings. The van der Waals surface area contributed by atoms with Crippen LogP contribution < -0.4 is 10.6 Å². The summed E-state index contributed by atoms with van der Waals surface area (Å²) in [4.78, 5) is 34.8. The van der Waals surface area contributed by atoms with Crippen molar-refractivity contribution in [2.75, 3.05) is 5.32 Å². The number of carbonyl (C=O) groups excluding carboxylic acids is 2. The van der Waals surface area contributed by atoms with Gasteiger partial charge in [-0.1, -0.05) is 25.8 Å². The molecule has 2 amide bonds. The number of aliphatic carboxylic acids is 1. The quantitative estimate of drug-likeness (QED) is 0.718. The highest BCUT2D eigenvalue weighted by molar-refractivity contribution is 5.98. The van der Waals surface area contributed by atoms with Gasteiger partial charge in [-0.05, 0) is 30.5 Å². The number of hydrogen-bond acceptors (Lipinski definition) is 3. The lowest BCUT2D eigenvalue weighted by Crippen LogP contribution is -2.41. The summed E-state index contributed by atoms with van der Waals surface area (Å²) < 4.78 is 0. The molecule has 1 aliphatic rings. The molecule has 0 heterocycles. The van der Waals surface area contributed by atoms with Crippen LogP contribution in [0.2, 0.25) is 0 Å². The molecule has 0 aromatic heterocycles. The molecule has 0 bridgehead atoms. The molecule has 118 valence electrons. The van der Waals surface area contributed by atoms with Gasteiger partial charge in [-0.15, -0.1) is 0 Å². The van der Waals surface area contributed by atoms with Crippen molar-refractivity contribution in [3.05, 3.63) is 29.8 Å². The van der Waals surface area contributed by atoms with Crippen molar-refractivity contribution in [2.24, 2.45) is 5.92 Å². The average Bonchev–Trinajstić information content (AvgIpc) is 3.30. The van der Waals surface area contributed by atoms with Crippen LogP contribution >= 0.6 is 0 Å². The van der Waals surface area contributed by atoms with Crippen LogP contribution in [0.15, 0.2) is 24.3 Å². The number of nitrogens with one attached hydrogen (secondary N) is 2. The molecule has 0 spiro atoms. The summed E-state index contributed by atoms with van der Waals surface area (Å²) in [6.07, 6.45) is 2.86. The predicted molar refractivity (Wildman–Crippen MR) is 81.6 cm³/mol. The zero-order valence-electron chi connectivity index (χ0n) is 12.5. The van der Waals surface area contributed by atoms with E-state index in [1.54, 1.807) is 31.2 Å². The van der Waals surface area contributed by atoms with E-state index >= 15 is 0 Å². The highest BCUT2D eigenvalue weighted by Crippen LogP contribution is 2.33. The van der Waals surface area contributed by atoms with Crippen molar-refractivity contribution in [1.29, 1.82) is 0 Å². The third kappa shape index (κ3) is 4.58. The SMILES string of the molecule is CCC(=O)Nc1cccc(C(=O)NC(CC2CC2)C(=O)O)c1. The summed E-state index contributed by atoms with van der Waals surface area (Å²) in [5.41, 5.74) is 0.851. The molecule has 3 N–H and O–H groups in total. The number of benzene rings is 1. The van der Waals surface area contributed by atoms with Gasteiger partial charge in [0.05, 0.1) is 0 Å². The Labute approximate surface area is 128 Å². The van der Waals surface area contributed by atoms with Crippen LogP contribution in [0.4, 0.5) is 5.69 Å². The standard InChI is InChI=1S/C16H20N2O4/c1-2-14(19)17-12-5-3-4-11(9-12)15(20)18-13(16(21)22)8-10-6-7-10/h3-5,9-10,13H,2,6-8H2,1H3,(H,17,19)(H,18,20)(H,21,22). The van der Waals surface area contributed by atoms with Gasteiger partial charge in [0, 0.05) is 17.7 Å². The maximum absolute atomic E-state index is 12.2. The number of carboxylic acids is 1. The molecule has 1 aliphatic carbocycles. The maximum atomic E-state index is 12.2. The number of rotatable bonds is 7. The molecule has 0 radical (unpaired) electrons. The number of carboxylic acid groups (broad SMARTS) is 1. The molecule has 1 fully saturated rings. The Balaban J connectivity index is 2.02. The van der Waals surface area contributed by atoms with E-state index in [2.05, 4.69) is 10.6 Å². The molecular formula is C16H20N2O4. The highest BCUT2D eigenvalue weighted by Gasteiger charge is 2.30. The van der Waals surface area contributed by atoms with E-state index in [0.29, 0.717) is 30.0 Å². The van der Waals surface area contributed by atoms with Crippen LogP contribution in [0, 0.1) is 5.92 Å². The molecule has 6 nitrogen and oxygen atoms in total. The van der Waals surface area contributed by atoms with Crippen molar-refractivity contribution >= 4 is 23.5 Å². The van der Waals surface area contributed by atoms with Crippen LogP contribution in [0.25, 0.3) is 0 Å². The van der Waals surface area contributed by atoms with Crippen molar-refractivity contribution in [2.45, 2.75) is 38.6 Å². The van der Waals surface area contributed by atoms with Gasteiger partial charge in [-0.2, -0.15) is 0 Å². The second-order valence-corrected chi connectivity index (χ2v) is 5.53. The predicted octanol–water partition coefficient (Wildman–Crippen LogP) is 2.02. The Kier molecular flexibility index (Phi) is 5.14. The number of hydrogen-bond donors (Lipinski definition) is 3. The first-order chi connectivity index (χ1) is 10.5. The molecule has 0 aliphatic heterocycles. The van der Waals surface area contributed by atoms with Crippen LogP contribution in [0.3, 0.4) is 0 Å². The summed E-state index contributed by atoms with van der Waals surface area (Å²) in [5, 5.41) is 14.4. The fourth-order valence-electron chi connectivity index (χ4n) is 2.14. The lowest BCUT2D eigenvalue weighted by molar-refractivity contribution is -0.139. The molecule has 2 rings (SSSR count). The van der Waals surface area contributed by atoms with Crippen molar-refractivity contribution in [3.63, 3.8) is 0 Å². The smallest absolute Gasteiger partial charge is 0.326 e. The van der Waals surface area contributed by atoms with Crippen molar-refractivity contribution in [1.82, 2.24) is 5.32 Å². The fraction of sp³-hybridized carbons (Fsp3) is 0.438. The van der Waals surface area contributed by atoms with Gasteiger partial charge >= 0.3 is 5.97 Å². The second kappa shape index (κ2) is 7.06. The van der Waals surface area contributed by atoms with Crippen molar-refractivity contribution < 1.29 is 19.5 Å². The zero-order valence-corrected chi connectivity index (χ0v) is 12.5. The molecule has 1 atom stereocenters. The van der Waals surface area contributed by atoms with Crippen LogP contribution in [0.5, 0.6) is 0 Å². The topological polar surface area (TPSA) is 95.5 Å². The highest BCUT2D eigenvalue weighted by atomic mass is 16.4. The third-order valence-electron chi connectivity index (χ3n) is 3.60. The van der Waals surface area contributed by atoms with Gasteiger partial charge in [0.15, 0.2) is 0 Å². The van der Waals surface area contributed by atoms with Crippen molar-refractivity contribution in [3.8, 4) is 0 Å². The zero-order chi connectivity index (χ0) is 16.1. The number of amides is 2. The first-order valence-electron chi connectivity index (χ1n) is 7.43. The van der Waals surface area contributed by atoms with E-state index < -0.39 is 17.9 Å². The minimum Gasteiger partial charge on any atom is -0.480 e. The minimum absolute atomic E-state index is 0.144. The molecule has 1 unspecified atom stereocenters. The van der Waals surface area contributed by atoms with E-state index in [1.807, 2.05) is 0 Å². The molecule has 22 heavy (non-hydrogen) atoms. The Morgan fingerprint density at radius 1 is 1.32 bits per heavy atom. The first kappa shape index (κ1) is 16.0. The summed E-state index contributed by atoms with van der Waals surface area (Å²) in [6.45, 7) is 1.74. The molecule has 6 heteroatoms. The number of anilines is 1. The summed E-state index contributed by atoms with van der Waals surface area (Å²) in [5.74, 6) is -1.21. The molecule has 1 aromatic carbocycles. The van der Waals surface area contributed by atoms with Gasteiger partial charge in [0.2, 0.25) is 5.91 Å². The van der Waals surface area contributed by atoms with Crippen LogP contribution in [-0.4, -0.2) is 28.9 Å². The van der Waals surface area contributed by atoms with Gasteiger partial charge in [0.1, 0.15) is 6.04 Å². The normalized spacial score (nSPS) is 15.0. The Bertz CT molecular complexity index is 581. The second-order valence-electron chi connectivity index (χ2n) is 5.53. The average molecular weight is 304 g/mol. The van der Waals surface area contributed by atoms with Crippen LogP contribution in [-0.2, 0) is 9.59 Å². The number of carbonyl (C=O) groups is 3. The minimum atomic E-state index is -1.02. The van der Waals surface area contributed by atoms with E-state index in [1.165, 1.54) is 0 Å². The first-order valence-corrected chi connectivity index (χ1v) is 7.43. The van der Waals surface area contributed by atoms with E-state index in [0.717, 1.165) is 12.8 Å². The lowest BCUT2D eigenvalue weighted by Gasteiger charge is -2.14. The van der Waals surface area contributed by atoms with Crippen LogP contribution in [0.1, 0.15) is 43.0 Å². The Hall–Kier alpha value is -2.37. The largest absolute Gasteiger partial charge is 0.480 e. The van der Waals surface area contributed by atoms with Gasteiger partial charge in [-0.3, -0.25) is 9.59 Å². The molecule has 0 saturated heterocycles. The molecular weight excluding hydrogens is 284 g/mol. The van der Waals surface area contributed by atoms with Gasteiger partial charge < -0.3 is 15.7 Å². The Morgan fingerprint density at radius 3 is 2.64 bits per heavy atom. The summed E-state index contributed by atoms with van der Waals surface area (Å²) in [6, 6.07) is 5.60. The summed E-state index contributed by atoms with van der Waals surface area (Å²) >= 11 is 0. The van der Waals surface area contributed by atoms with E-state index in [4.69, 9.17) is 0 Å². The molecule has 1 saturated carbocycles. The third-order valence-corrected chi connectivity index (χ3v) is 3.60.